The molecule has 6 nitrogen and oxygen atoms in total. The Labute approximate surface area is 180 Å². The molecule has 2 N–H and O–H groups in total. The van der Waals surface area contributed by atoms with Gasteiger partial charge in [-0.3, -0.25) is 9.59 Å². The van der Waals surface area contributed by atoms with Gasteiger partial charge in [-0.1, -0.05) is 12.1 Å². The highest BCUT2D eigenvalue weighted by atomic mass is 32.1. The molecule has 0 unspecified atom stereocenters. The van der Waals surface area contributed by atoms with E-state index in [-0.39, 0.29) is 24.0 Å². The monoisotopic (exact) mass is 423 g/mol. The van der Waals surface area contributed by atoms with Crippen molar-refractivity contribution in [3.8, 4) is 16.3 Å². The average Bonchev–Trinajstić information content (AvgIpc) is 3.18. The minimum absolute atomic E-state index is 0.000294. The van der Waals surface area contributed by atoms with Crippen LogP contribution in [0.15, 0.2) is 53.9 Å². The molecule has 0 radical (unpaired) electrons. The summed E-state index contributed by atoms with van der Waals surface area (Å²) < 4.78 is 5.66. The van der Waals surface area contributed by atoms with Gasteiger partial charge in [-0.05, 0) is 64.1 Å². The van der Waals surface area contributed by atoms with Gasteiger partial charge in [0.2, 0.25) is 0 Å². The first-order chi connectivity index (χ1) is 14.3. The van der Waals surface area contributed by atoms with E-state index < -0.39 is 0 Å². The van der Waals surface area contributed by atoms with E-state index in [4.69, 9.17) is 4.74 Å². The molecule has 0 aliphatic rings. The van der Waals surface area contributed by atoms with Crippen LogP contribution in [-0.2, 0) is 0 Å². The lowest BCUT2D eigenvalue weighted by Crippen LogP contribution is -2.31. The molecule has 30 heavy (non-hydrogen) atoms. The van der Waals surface area contributed by atoms with E-state index in [2.05, 4.69) is 15.6 Å². The SMILES string of the molecule is CC(C)NC(=O)c1ccccc1NC(=O)c1csc(-c2ccc(OC(C)C)cc2)n1. The Morgan fingerprint density at radius 1 is 0.967 bits per heavy atom. The molecule has 1 heterocycles. The molecule has 0 saturated carbocycles. The number of nitrogens with one attached hydrogen (secondary N) is 2. The number of thiazole rings is 1. The van der Waals surface area contributed by atoms with Crippen molar-refractivity contribution in [2.75, 3.05) is 5.32 Å². The maximum atomic E-state index is 12.7. The standard InChI is InChI=1S/C23H25N3O3S/c1-14(2)24-21(27)18-7-5-6-8-19(18)25-22(28)20-13-30-23(26-20)16-9-11-17(12-10-16)29-15(3)4/h5-15H,1-4H3,(H,24,27)(H,25,28). The average molecular weight is 424 g/mol. The Hall–Kier alpha value is -3.19. The van der Waals surface area contributed by atoms with E-state index in [1.807, 2.05) is 52.0 Å². The zero-order valence-electron chi connectivity index (χ0n) is 17.4. The Morgan fingerprint density at radius 3 is 2.33 bits per heavy atom. The summed E-state index contributed by atoms with van der Waals surface area (Å²) in [6, 6.07) is 14.5. The first-order valence-corrected chi connectivity index (χ1v) is 10.7. The molecule has 3 rings (SSSR count). The number of carbonyl (C=O) groups is 2. The van der Waals surface area contributed by atoms with E-state index in [1.165, 1.54) is 11.3 Å². The molecule has 2 aromatic carbocycles. The van der Waals surface area contributed by atoms with Crippen LogP contribution in [-0.4, -0.2) is 28.9 Å². The van der Waals surface area contributed by atoms with Crippen molar-refractivity contribution in [3.63, 3.8) is 0 Å². The number of benzene rings is 2. The van der Waals surface area contributed by atoms with Crippen LogP contribution >= 0.6 is 11.3 Å². The first kappa shape index (κ1) is 21.5. The lowest BCUT2D eigenvalue weighted by Gasteiger charge is -2.12. The normalized spacial score (nSPS) is 10.9. The number of nitrogens with zero attached hydrogens (tertiary/aromatic N) is 1. The third-order valence-corrected chi connectivity index (χ3v) is 4.94. The van der Waals surface area contributed by atoms with E-state index in [0.717, 1.165) is 16.3 Å². The quantitative estimate of drug-likeness (QED) is 0.561. The van der Waals surface area contributed by atoms with Gasteiger partial charge < -0.3 is 15.4 Å². The molecular weight excluding hydrogens is 398 g/mol. The Balaban J connectivity index is 1.74. The second-order valence-corrected chi connectivity index (χ2v) is 8.21. The van der Waals surface area contributed by atoms with Crippen molar-refractivity contribution in [3.05, 3.63) is 65.2 Å². The number of hydrogen-bond donors (Lipinski definition) is 2. The number of para-hydroxylation sites is 1. The number of aromatic nitrogens is 1. The Bertz CT molecular complexity index is 1030. The fraction of sp³-hybridized carbons (Fsp3) is 0.261. The van der Waals surface area contributed by atoms with Crippen molar-refractivity contribution in [1.82, 2.24) is 10.3 Å². The second-order valence-electron chi connectivity index (χ2n) is 7.36. The maximum Gasteiger partial charge on any atom is 0.275 e. The highest BCUT2D eigenvalue weighted by Gasteiger charge is 2.17. The van der Waals surface area contributed by atoms with Crippen LogP contribution < -0.4 is 15.4 Å². The predicted molar refractivity (Wildman–Crippen MR) is 120 cm³/mol. The van der Waals surface area contributed by atoms with Gasteiger partial charge in [0, 0.05) is 17.0 Å². The Kier molecular flexibility index (Phi) is 6.84. The van der Waals surface area contributed by atoms with Gasteiger partial charge in [0.25, 0.3) is 11.8 Å². The van der Waals surface area contributed by atoms with Crippen molar-refractivity contribution in [2.45, 2.75) is 39.8 Å². The van der Waals surface area contributed by atoms with Gasteiger partial charge in [0.05, 0.1) is 17.4 Å². The maximum absolute atomic E-state index is 12.7. The van der Waals surface area contributed by atoms with Crippen LogP contribution in [0.2, 0.25) is 0 Å². The molecule has 0 fully saturated rings. The van der Waals surface area contributed by atoms with Gasteiger partial charge in [-0.15, -0.1) is 11.3 Å². The highest BCUT2D eigenvalue weighted by Crippen LogP contribution is 2.27. The van der Waals surface area contributed by atoms with Crippen molar-refractivity contribution >= 4 is 28.8 Å². The minimum Gasteiger partial charge on any atom is -0.491 e. The third-order valence-electron chi connectivity index (χ3n) is 4.05. The van der Waals surface area contributed by atoms with Gasteiger partial charge in [0.15, 0.2) is 0 Å². The van der Waals surface area contributed by atoms with Gasteiger partial charge in [-0.25, -0.2) is 4.98 Å². The zero-order chi connectivity index (χ0) is 21.7. The smallest absolute Gasteiger partial charge is 0.275 e. The summed E-state index contributed by atoms with van der Waals surface area (Å²) in [5, 5.41) is 8.09. The predicted octanol–water partition coefficient (Wildman–Crippen LogP) is 4.99. The van der Waals surface area contributed by atoms with Crippen LogP contribution in [0.3, 0.4) is 0 Å². The molecule has 0 aliphatic heterocycles. The van der Waals surface area contributed by atoms with Crippen molar-refractivity contribution in [2.24, 2.45) is 0 Å². The zero-order valence-corrected chi connectivity index (χ0v) is 18.2. The fourth-order valence-electron chi connectivity index (χ4n) is 2.78. The molecular formula is C23H25N3O3S. The van der Waals surface area contributed by atoms with Crippen molar-refractivity contribution in [1.29, 1.82) is 0 Å². The largest absolute Gasteiger partial charge is 0.491 e. The second kappa shape index (κ2) is 9.54. The summed E-state index contributed by atoms with van der Waals surface area (Å²) in [6.07, 6.45) is 0.108. The van der Waals surface area contributed by atoms with Crippen LogP contribution in [0.1, 0.15) is 48.5 Å². The van der Waals surface area contributed by atoms with Crippen LogP contribution in [0.5, 0.6) is 5.75 Å². The van der Waals surface area contributed by atoms with Gasteiger partial charge >= 0.3 is 0 Å². The summed E-state index contributed by atoms with van der Waals surface area (Å²) in [7, 11) is 0. The molecule has 0 spiro atoms. The van der Waals surface area contributed by atoms with E-state index >= 15 is 0 Å². The number of anilines is 1. The molecule has 0 atom stereocenters. The number of amides is 2. The van der Waals surface area contributed by atoms with E-state index in [1.54, 1.807) is 29.6 Å². The van der Waals surface area contributed by atoms with Crippen LogP contribution in [0.4, 0.5) is 5.69 Å². The number of hydrogen-bond acceptors (Lipinski definition) is 5. The molecule has 0 bridgehead atoms. The lowest BCUT2D eigenvalue weighted by molar-refractivity contribution is 0.0944. The van der Waals surface area contributed by atoms with E-state index in [9.17, 15) is 9.59 Å². The molecule has 7 heteroatoms. The number of carbonyl (C=O) groups excluding carboxylic acids is 2. The number of ether oxygens (including phenoxy) is 1. The van der Waals surface area contributed by atoms with Gasteiger partial charge in [0.1, 0.15) is 16.5 Å². The molecule has 2 amide bonds. The molecule has 0 saturated heterocycles. The van der Waals surface area contributed by atoms with Crippen LogP contribution in [0, 0.1) is 0 Å². The summed E-state index contributed by atoms with van der Waals surface area (Å²) in [6.45, 7) is 7.73. The number of rotatable bonds is 7. The highest BCUT2D eigenvalue weighted by molar-refractivity contribution is 7.13. The minimum atomic E-state index is -0.359. The summed E-state index contributed by atoms with van der Waals surface area (Å²) in [4.78, 5) is 29.6. The topological polar surface area (TPSA) is 80.3 Å². The van der Waals surface area contributed by atoms with Crippen molar-refractivity contribution < 1.29 is 14.3 Å². The fourth-order valence-corrected chi connectivity index (χ4v) is 3.58. The summed E-state index contributed by atoms with van der Waals surface area (Å²) in [5.41, 5.74) is 2.07. The van der Waals surface area contributed by atoms with Crippen LogP contribution in [0.25, 0.3) is 10.6 Å². The summed E-state index contributed by atoms with van der Waals surface area (Å²) in [5.74, 6) is 0.199. The lowest BCUT2D eigenvalue weighted by atomic mass is 10.1. The Morgan fingerprint density at radius 2 is 1.67 bits per heavy atom. The molecule has 0 aliphatic carbocycles. The van der Waals surface area contributed by atoms with E-state index in [0.29, 0.717) is 16.9 Å². The first-order valence-electron chi connectivity index (χ1n) is 9.77. The molecule has 3 aromatic rings. The summed E-state index contributed by atoms with van der Waals surface area (Å²) >= 11 is 1.39. The third kappa shape index (κ3) is 5.45. The van der Waals surface area contributed by atoms with Gasteiger partial charge in [-0.2, -0.15) is 0 Å². The molecule has 156 valence electrons. The molecule has 1 aromatic heterocycles.